The summed E-state index contributed by atoms with van der Waals surface area (Å²) in [5.41, 5.74) is 1.54. The summed E-state index contributed by atoms with van der Waals surface area (Å²) in [6, 6.07) is 12.8. The molecular weight excluding hydrogens is 414 g/mol. The lowest BCUT2D eigenvalue weighted by Crippen LogP contribution is -2.25. The molecule has 1 N–H and O–H groups in total. The Bertz CT molecular complexity index is 966. The molecule has 2 aromatic carbocycles. The van der Waals surface area contributed by atoms with E-state index < -0.39 is 5.37 Å². The number of amidine groups is 1. The first kappa shape index (κ1) is 21.0. The number of amides is 2. The van der Waals surface area contributed by atoms with E-state index in [1.165, 1.54) is 30.6 Å². The molecule has 0 saturated carbocycles. The quantitative estimate of drug-likeness (QED) is 0.772. The van der Waals surface area contributed by atoms with E-state index in [2.05, 4.69) is 10.4 Å². The third-order valence-corrected chi connectivity index (χ3v) is 5.53. The Morgan fingerprint density at radius 1 is 1.24 bits per heavy atom. The molecule has 1 aliphatic heterocycles. The number of ether oxygens (including phenoxy) is 2. The van der Waals surface area contributed by atoms with Crippen LogP contribution in [-0.2, 0) is 16.2 Å². The van der Waals surface area contributed by atoms with Gasteiger partial charge in [0, 0.05) is 30.0 Å². The van der Waals surface area contributed by atoms with Crippen molar-refractivity contribution in [1.29, 1.82) is 0 Å². The van der Waals surface area contributed by atoms with Gasteiger partial charge in [-0.2, -0.15) is 0 Å². The van der Waals surface area contributed by atoms with Crippen molar-refractivity contribution in [3.63, 3.8) is 0 Å². The van der Waals surface area contributed by atoms with E-state index in [1.54, 1.807) is 31.4 Å². The molecule has 1 heterocycles. The number of nitrogens with one attached hydrogen (secondary N) is 1. The number of carbonyl (C=O) groups excluding carboxylic acids is 2. The summed E-state index contributed by atoms with van der Waals surface area (Å²) in [7, 11) is 1.56. The molecule has 0 aliphatic carbocycles. The van der Waals surface area contributed by atoms with Crippen LogP contribution >= 0.6 is 23.4 Å². The van der Waals surface area contributed by atoms with Gasteiger partial charge in [-0.15, -0.1) is 5.10 Å². The molecule has 1 aliphatic rings. The molecule has 2 amide bonds. The Labute approximate surface area is 178 Å². The molecule has 0 aromatic heterocycles. The average Bonchev–Trinajstić information content (AvgIpc) is 3.10. The molecule has 7 nitrogen and oxygen atoms in total. The third kappa shape index (κ3) is 5.02. The van der Waals surface area contributed by atoms with E-state index in [0.29, 0.717) is 27.3 Å². The molecule has 29 heavy (non-hydrogen) atoms. The van der Waals surface area contributed by atoms with Crippen molar-refractivity contribution in [1.82, 2.24) is 10.3 Å². The number of carbonyl (C=O) groups is 2. The second-order valence-electron chi connectivity index (χ2n) is 6.20. The highest BCUT2D eigenvalue weighted by Gasteiger charge is 2.34. The summed E-state index contributed by atoms with van der Waals surface area (Å²) in [5.74, 6) is 0.653. The second-order valence-corrected chi connectivity index (χ2v) is 7.68. The number of hydrogen-bond acceptors (Lipinski definition) is 6. The number of methoxy groups -OCH3 is 1. The smallest absolute Gasteiger partial charge is 0.241 e. The highest BCUT2D eigenvalue weighted by molar-refractivity contribution is 8.14. The van der Waals surface area contributed by atoms with Crippen LogP contribution in [0.25, 0.3) is 0 Å². The number of thioether (sulfide) groups is 1. The lowest BCUT2D eigenvalue weighted by Gasteiger charge is -2.22. The molecule has 0 radical (unpaired) electrons. The first-order valence-corrected chi connectivity index (χ1v) is 10.0. The maximum atomic E-state index is 12.2. The maximum absolute atomic E-state index is 12.2. The number of rotatable bonds is 5. The number of benzene rings is 2. The van der Waals surface area contributed by atoms with E-state index in [4.69, 9.17) is 21.1 Å². The maximum Gasteiger partial charge on any atom is 0.241 e. The van der Waals surface area contributed by atoms with Crippen molar-refractivity contribution < 1.29 is 19.1 Å². The van der Waals surface area contributed by atoms with Gasteiger partial charge in [-0.25, -0.2) is 5.01 Å². The lowest BCUT2D eigenvalue weighted by atomic mass is 10.1. The minimum atomic E-state index is -0.509. The number of hydrogen-bond donors (Lipinski definition) is 1. The fourth-order valence-corrected chi connectivity index (χ4v) is 4.06. The highest BCUT2D eigenvalue weighted by atomic mass is 35.5. The van der Waals surface area contributed by atoms with Crippen molar-refractivity contribution >= 4 is 40.3 Å². The molecule has 0 bridgehead atoms. The average molecular weight is 434 g/mol. The first-order chi connectivity index (χ1) is 13.9. The van der Waals surface area contributed by atoms with Gasteiger partial charge in [0.15, 0.2) is 5.17 Å². The van der Waals surface area contributed by atoms with Crippen LogP contribution in [0.15, 0.2) is 47.6 Å². The topological polar surface area (TPSA) is 80.2 Å². The minimum Gasteiger partial charge on any atom is -0.497 e. The van der Waals surface area contributed by atoms with Crippen molar-refractivity contribution in [2.24, 2.45) is 5.10 Å². The van der Waals surface area contributed by atoms with Gasteiger partial charge in [0.2, 0.25) is 11.8 Å². The number of nitrogens with zero attached hydrogens (tertiary/aromatic N) is 2. The molecule has 0 spiro atoms. The molecule has 9 heteroatoms. The molecule has 0 saturated heterocycles. The van der Waals surface area contributed by atoms with E-state index in [9.17, 15) is 9.59 Å². The Hall–Kier alpha value is -2.71. The van der Waals surface area contributed by atoms with Crippen molar-refractivity contribution in [2.45, 2.75) is 25.8 Å². The highest BCUT2D eigenvalue weighted by Crippen LogP contribution is 2.44. The van der Waals surface area contributed by atoms with Gasteiger partial charge in [-0.05, 0) is 24.3 Å². The first-order valence-electron chi connectivity index (χ1n) is 8.76. The molecule has 1 atom stereocenters. The summed E-state index contributed by atoms with van der Waals surface area (Å²) in [5, 5.41) is 8.62. The second kappa shape index (κ2) is 9.19. The normalized spacial score (nSPS) is 15.7. The zero-order valence-corrected chi connectivity index (χ0v) is 17.7. The fraction of sp³-hybridized carbons (Fsp3) is 0.250. The largest absolute Gasteiger partial charge is 0.497 e. The van der Waals surface area contributed by atoms with E-state index in [-0.39, 0.29) is 18.4 Å². The SMILES string of the molecule is COc1ccc(OCc2ccccc2Cl)c([C@H]2SC(NC(C)=O)=NN2C(C)=O)c1. The van der Waals surface area contributed by atoms with Crippen LogP contribution in [-0.4, -0.2) is 29.1 Å². The Kier molecular flexibility index (Phi) is 6.66. The molecule has 2 aromatic rings. The fourth-order valence-electron chi connectivity index (χ4n) is 2.71. The molecule has 0 unspecified atom stereocenters. The lowest BCUT2D eigenvalue weighted by molar-refractivity contribution is -0.129. The summed E-state index contributed by atoms with van der Waals surface area (Å²) >= 11 is 7.47. The number of halogens is 1. The van der Waals surface area contributed by atoms with Crippen LogP contribution in [0.2, 0.25) is 5.02 Å². The van der Waals surface area contributed by atoms with Crippen LogP contribution in [0.3, 0.4) is 0 Å². The summed E-state index contributed by atoms with van der Waals surface area (Å²) in [6.07, 6.45) is 0. The Morgan fingerprint density at radius 3 is 2.66 bits per heavy atom. The van der Waals surface area contributed by atoms with Gasteiger partial charge in [0.05, 0.1) is 7.11 Å². The predicted octanol–water partition coefficient (Wildman–Crippen LogP) is 3.93. The number of hydrazone groups is 1. The Balaban J connectivity index is 1.91. The van der Waals surface area contributed by atoms with Gasteiger partial charge in [-0.1, -0.05) is 41.6 Å². The summed E-state index contributed by atoms with van der Waals surface area (Å²) in [4.78, 5) is 23.6. The van der Waals surface area contributed by atoms with Crippen LogP contribution in [0.4, 0.5) is 0 Å². The van der Waals surface area contributed by atoms with Gasteiger partial charge in [-0.3, -0.25) is 9.59 Å². The zero-order valence-electron chi connectivity index (χ0n) is 16.1. The minimum absolute atomic E-state index is 0.260. The van der Waals surface area contributed by atoms with Crippen molar-refractivity contribution in [3.8, 4) is 11.5 Å². The van der Waals surface area contributed by atoms with E-state index in [1.807, 2.05) is 18.2 Å². The zero-order chi connectivity index (χ0) is 21.0. The van der Waals surface area contributed by atoms with E-state index >= 15 is 0 Å². The van der Waals surface area contributed by atoms with Gasteiger partial charge in [0.25, 0.3) is 0 Å². The van der Waals surface area contributed by atoms with Crippen LogP contribution < -0.4 is 14.8 Å². The summed E-state index contributed by atoms with van der Waals surface area (Å²) in [6.45, 7) is 3.06. The molecule has 0 fully saturated rings. The van der Waals surface area contributed by atoms with E-state index in [0.717, 1.165) is 5.56 Å². The third-order valence-electron chi connectivity index (χ3n) is 4.07. The standard InChI is InChI=1S/C20H20ClN3O4S/c1-12(25)22-20-23-24(13(2)26)19(29-20)16-10-15(27-3)8-9-18(16)28-11-14-6-4-5-7-17(14)21/h4-10,19H,11H2,1-3H3,(H,22,23,25)/t19-/m1/s1. The van der Waals surface area contributed by atoms with Crippen LogP contribution in [0.5, 0.6) is 11.5 Å². The van der Waals surface area contributed by atoms with Crippen LogP contribution in [0, 0.1) is 0 Å². The molecule has 152 valence electrons. The van der Waals surface area contributed by atoms with Crippen molar-refractivity contribution in [3.05, 3.63) is 58.6 Å². The van der Waals surface area contributed by atoms with Gasteiger partial charge >= 0.3 is 0 Å². The summed E-state index contributed by atoms with van der Waals surface area (Å²) < 4.78 is 11.4. The van der Waals surface area contributed by atoms with Crippen LogP contribution in [0.1, 0.15) is 30.3 Å². The van der Waals surface area contributed by atoms with Gasteiger partial charge < -0.3 is 14.8 Å². The Morgan fingerprint density at radius 2 is 2.00 bits per heavy atom. The van der Waals surface area contributed by atoms with Gasteiger partial charge in [0.1, 0.15) is 23.5 Å². The predicted molar refractivity (Wildman–Crippen MR) is 113 cm³/mol. The van der Waals surface area contributed by atoms with Crippen molar-refractivity contribution in [2.75, 3.05) is 7.11 Å². The monoisotopic (exact) mass is 433 g/mol. The molecule has 3 rings (SSSR count). The molecular formula is C20H20ClN3O4S.